The quantitative estimate of drug-likeness (QED) is 0.241. The lowest BCUT2D eigenvalue weighted by Crippen LogP contribution is -1.86. The number of hydrogen-bond acceptors (Lipinski definition) is 0. The highest BCUT2D eigenvalue weighted by Crippen LogP contribution is 2.14. The number of nitrogens with one attached hydrogen (secondary N) is 1. The molecule has 0 saturated heterocycles. The van der Waals surface area contributed by atoms with Crippen molar-refractivity contribution in [1.82, 2.24) is 4.98 Å². The van der Waals surface area contributed by atoms with Crippen LogP contribution in [0.5, 0.6) is 0 Å². The number of aryl methyl sites for hydroxylation is 1. The highest BCUT2D eigenvalue weighted by atomic mass is 14.7. The molecular formula is C24H45N. The molecule has 0 aromatic carbocycles. The summed E-state index contributed by atoms with van der Waals surface area (Å²) in [6.07, 6.45) is 29.4. The topological polar surface area (TPSA) is 15.8 Å². The van der Waals surface area contributed by atoms with Gasteiger partial charge in [-0.05, 0) is 25.0 Å². The van der Waals surface area contributed by atoms with Crippen LogP contribution in [0.2, 0.25) is 0 Å². The van der Waals surface area contributed by atoms with Crippen LogP contribution in [0.4, 0.5) is 0 Å². The van der Waals surface area contributed by atoms with E-state index in [4.69, 9.17) is 0 Å². The Morgan fingerprint density at radius 1 is 0.560 bits per heavy atom. The molecule has 1 N–H and O–H groups in total. The summed E-state index contributed by atoms with van der Waals surface area (Å²) in [5, 5.41) is 0. The van der Waals surface area contributed by atoms with E-state index in [1.54, 1.807) is 0 Å². The summed E-state index contributed by atoms with van der Waals surface area (Å²) in [6, 6.07) is 4.30. The summed E-state index contributed by atoms with van der Waals surface area (Å²) in [4.78, 5) is 3.29. The first-order chi connectivity index (χ1) is 12.4. The molecule has 146 valence electrons. The Kier molecular flexibility index (Phi) is 16.1. The third-order valence-corrected chi connectivity index (χ3v) is 5.46. The number of aromatic amines is 1. The van der Waals surface area contributed by atoms with Gasteiger partial charge in [-0.3, -0.25) is 0 Å². The molecule has 0 bridgehead atoms. The molecule has 1 aromatic rings. The summed E-state index contributed by atoms with van der Waals surface area (Å²) < 4.78 is 0. The second-order valence-corrected chi connectivity index (χ2v) is 7.96. The van der Waals surface area contributed by atoms with Crippen molar-refractivity contribution in [1.29, 1.82) is 0 Å². The average Bonchev–Trinajstić information content (AvgIpc) is 3.14. The van der Waals surface area contributed by atoms with Gasteiger partial charge in [0.15, 0.2) is 0 Å². The maximum absolute atomic E-state index is 3.29. The summed E-state index contributed by atoms with van der Waals surface area (Å²) >= 11 is 0. The molecule has 1 heterocycles. The highest BCUT2D eigenvalue weighted by Gasteiger charge is 1.96. The van der Waals surface area contributed by atoms with Crippen LogP contribution < -0.4 is 0 Å². The number of aromatic nitrogens is 1. The van der Waals surface area contributed by atoms with Crippen molar-refractivity contribution < 1.29 is 0 Å². The third-order valence-electron chi connectivity index (χ3n) is 5.46. The molecule has 0 spiro atoms. The van der Waals surface area contributed by atoms with Gasteiger partial charge in [0.1, 0.15) is 0 Å². The standard InChI is InChI=1S/C24H45N/c1-2-3-4-5-6-7-8-9-10-11-12-13-14-15-16-17-18-19-21-24-22-20-23-25-24/h20,22-23,25H,2-19,21H2,1H3. The van der Waals surface area contributed by atoms with E-state index >= 15 is 0 Å². The zero-order valence-corrected chi connectivity index (χ0v) is 17.2. The van der Waals surface area contributed by atoms with Gasteiger partial charge in [0.05, 0.1) is 0 Å². The SMILES string of the molecule is CCCCCCCCCCCCCCCCCCCCc1ccc[nH]1. The predicted octanol–water partition coefficient (Wildman–Crippen LogP) is 8.60. The van der Waals surface area contributed by atoms with Crippen molar-refractivity contribution in [2.45, 2.75) is 129 Å². The van der Waals surface area contributed by atoms with Gasteiger partial charge in [0, 0.05) is 11.9 Å². The molecule has 0 fully saturated rings. The zero-order valence-electron chi connectivity index (χ0n) is 17.2. The molecule has 0 saturated carbocycles. The van der Waals surface area contributed by atoms with E-state index in [1.165, 1.54) is 128 Å². The Hall–Kier alpha value is -0.720. The molecule has 1 nitrogen and oxygen atoms in total. The fraction of sp³-hybridized carbons (Fsp3) is 0.833. The number of hydrogen-bond donors (Lipinski definition) is 1. The van der Waals surface area contributed by atoms with Crippen molar-refractivity contribution in [3.63, 3.8) is 0 Å². The van der Waals surface area contributed by atoms with Gasteiger partial charge in [-0.1, -0.05) is 116 Å². The lowest BCUT2D eigenvalue weighted by atomic mass is 10.0. The molecule has 0 unspecified atom stereocenters. The Morgan fingerprint density at radius 3 is 1.32 bits per heavy atom. The lowest BCUT2D eigenvalue weighted by molar-refractivity contribution is 0.525. The first-order valence-corrected chi connectivity index (χ1v) is 11.6. The summed E-state index contributed by atoms with van der Waals surface area (Å²) in [5.74, 6) is 0. The van der Waals surface area contributed by atoms with Gasteiger partial charge in [0.2, 0.25) is 0 Å². The van der Waals surface area contributed by atoms with Crippen molar-refractivity contribution in [3.8, 4) is 0 Å². The molecule has 0 radical (unpaired) electrons. The first kappa shape index (κ1) is 22.3. The summed E-state index contributed by atoms with van der Waals surface area (Å²) in [7, 11) is 0. The second-order valence-electron chi connectivity index (χ2n) is 7.96. The van der Waals surface area contributed by atoms with Crippen LogP contribution in [0.3, 0.4) is 0 Å². The van der Waals surface area contributed by atoms with Crippen molar-refractivity contribution >= 4 is 0 Å². The molecule has 1 heteroatoms. The van der Waals surface area contributed by atoms with Crippen LogP contribution in [0.1, 0.15) is 128 Å². The Morgan fingerprint density at radius 2 is 0.960 bits per heavy atom. The minimum absolute atomic E-state index is 1.23. The second kappa shape index (κ2) is 18.1. The van der Waals surface area contributed by atoms with E-state index in [9.17, 15) is 0 Å². The van der Waals surface area contributed by atoms with Crippen molar-refractivity contribution in [2.24, 2.45) is 0 Å². The molecule has 0 aliphatic heterocycles. The molecule has 25 heavy (non-hydrogen) atoms. The van der Waals surface area contributed by atoms with Gasteiger partial charge in [-0.2, -0.15) is 0 Å². The predicted molar refractivity (Wildman–Crippen MR) is 113 cm³/mol. The normalized spacial score (nSPS) is 11.2. The monoisotopic (exact) mass is 347 g/mol. The number of H-pyrrole nitrogens is 1. The van der Waals surface area contributed by atoms with E-state index < -0.39 is 0 Å². The van der Waals surface area contributed by atoms with E-state index in [0.717, 1.165) is 0 Å². The maximum atomic E-state index is 3.29. The highest BCUT2D eigenvalue weighted by molar-refractivity contribution is 5.03. The van der Waals surface area contributed by atoms with Crippen LogP contribution in [-0.2, 0) is 6.42 Å². The van der Waals surface area contributed by atoms with Gasteiger partial charge < -0.3 is 4.98 Å². The summed E-state index contributed by atoms with van der Waals surface area (Å²) in [5.41, 5.74) is 1.40. The van der Waals surface area contributed by atoms with Crippen LogP contribution >= 0.6 is 0 Å². The van der Waals surface area contributed by atoms with Crippen LogP contribution in [-0.4, -0.2) is 4.98 Å². The molecule has 0 atom stereocenters. The van der Waals surface area contributed by atoms with Crippen LogP contribution in [0, 0.1) is 0 Å². The van der Waals surface area contributed by atoms with Gasteiger partial charge >= 0.3 is 0 Å². The number of unbranched alkanes of at least 4 members (excludes halogenated alkanes) is 17. The average molecular weight is 348 g/mol. The minimum atomic E-state index is 1.23. The smallest absolute Gasteiger partial charge is 0.0147 e. The Bertz CT molecular complexity index is 341. The first-order valence-electron chi connectivity index (χ1n) is 11.6. The van der Waals surface area contributed by atoms with Crippen molar-refractivity contribution in [2.75, 3.05) is 0 Å². The van der Waals surface area contributed by atoms with Crippen LogP contribution in [0.15, 0.2) is 18.3 Å². The minimum Gasteiger partial charge on any atom is -0.365 e. The Balaban J connectivity index is 1.65. The molecule has 0 aliphatic rings. The third kappa shape index (κ3) is 15.3. The van der Waals surface area contributed by atoms with E-state index in [1.807, 2.05) is 6.20 Å². The van der Waals surface area contributed by atoms with Crippen molar-refractivity contribution in [3.05, 3.63) is 24.0 Å². The summed E-state index contributed by atoms with van der Waals surface area (Å²) in [6.45, 7) is 2.30. The largest absolute Gasteiger partial charge is 0.365 e. The number of rotatable bonds is 19. The van der Waals surface area contributed by atoms with E-state index in [-0.39, 0.29) is 0 Å². The van der Waals surface area contributed by atoms with Crippen LogP contribution in [0.25, 0.3) is 0 Å². The molecule has 1 rings (SSSR count). The van der Waals surface area contributed by atoms with Gasteiger partial charge in [0.25, 0.3) is 0 Å². The van der Waals surface area contributed by atoms with E-state index in [2.05, 4.69) is 24.0 Å². The molecule has 0 aliphatic carbocycles. The maximum Gasteiger partial charge on any atom is 0.0147 e. The molecular weight excluding hydrogens is 302 g/mol. The molecule has 1 aromatic heterocycles. The van der Waals surface area contributed by atoms with E-state index in [0.29, 0.717) is 0 Å². The fourth-order valence-corrected chi connectivity index (χ4v) is 3.74. The van der Waals surface area contributed by atoms with Gasteiger partial charge in [-0.25, -0.2) is 0 Å². The van der Waals surface area contributed by atoms with Gasteiger partial charge in [-0.15, -0.1) is 0 Å². The lowest BCUT2D eigenvalue weighted by Gasteiger charge is -2.04. The fourth-order valence-electron chi connectivity index (χ4n) is 3.74. The zero-order chi connectivity index (χ0) is 17.8. The Labute approximate surface area is 158 Å². The molecule has 0 amide bonds.